The Morgan fingerprint density at radius 3 is 2.66 bits per heavy atom. The van der Waals surface area contributed by atoms with E-state index in [1.54, 1.807) is 12.1 Å². The van der Waals surface area contributed by atoms with Crippen LogP contribution in [-0.4, -0.2) is 67.8 Å². The maximum absolute atomic E-state index is 12.7. The quantitative estimate of drug-likeness (QED) is 0.474. The fourth-order valence-electron chi connectivity index (χ4n) is 4.37. The number of hydrogen-bond donors (Lipinski definition) is 2. The summed E-state index contributed by atoms with van der Waals surface area (Å²) in [4.78, 5) is 23.9. The fraction of sp³-hybridized carbons (Fsp3) is 0.391. The number of ether oxygens (including phenoxy) is 1. The van der Waals surface area contributed by atoms with Crippen LogP contribution in [0.1, 0.15) is 27.0 Å². The number of fused-ring (bicyclic) bond motifs is 1. The number of likely N-dealkylation sites (N-methyl/N-ethyl adjacent to an activating group) is 1. The van der Waals surface area contributed by atoms with Gasteiger partial charge in [0.1, 0.15) is 25.4 Å². The first kappa shape index (κ1) is 22.3. The van der Waals surface area contributed by atoms with Crippen LogP contribution < -0.4 is 15.1 Å². The molecule has 2 N–H and O–H groups in total. The second-order valence-corrected chi connectivity index (χ2v) is 8.80. The van der Waals surface area contributed by atoms with E-state index in [9.17, 15) is 19.7 Å². The SMILES string of the molecule is C[N+]1(Cc2cccc(CC(=O)N[C@H]3Cc4cccc(C(=O)[O-])c4OB3O)c2)CCOCC1. The average Bonchev–Trinajstić information content (AvgIpc) is 2.74. The number of nitrogens with zero attached hydrogens (tertiary/aromatic N) is 1. The van der Waals surface area contributed by atoms with Crippen LogP contribution in [0.25, 0.3) is 0 Å². The molecular weight excluding hydrogens is 411 g/mol. The van der Waals surface area contributed by atoms with Crippen molar-refractivity contribution < 1.29 is 33.6 Å². The van der Waals surface area contributed by atoms with E-state index in [2.05, 4.69) is 18.4 Å². The van der Waals surface area contributed by atoms with Gasteiger partial charge in [0.2, 0.25) is 5.91 Å². The van der Waals surface area contributed by atoms with Gasteiger partial charge in [-0.1, -0.05) is 30.3 Å². The molecule has 9 heteroatoms. The molecule has 0 spiro atoms. The molecule has 0 radical (unpaired) electrons. The van der Waals surface area contributed by atoms with Crippen LogP contribution in [0, 0.1) is 0 Å². The Hall–Kier alpha value is -2.88. The molecule has 0 saturated carbocycles. The Bertz CT molecular complexity index is 1010. The van der Waals surface area contributed by atoms with E-state index in [0.717, 1.165) is 42.9 Å². The third-order valence-electron chi connectivity index (χ3n) is 6.16. The van der Waals surface area contributed by atoms with Crippen molar-refractivity contribution in [2.24, 2.45) is 0 Å². The molecule has 2 aliphatic rings. The zero-order chi connectivity index (χ0) is 22.7. The van der Waals surface area contributed by atoms with E-state index in [1.165, 1.54) is 11.6 Å². The highest BCUT2D eigenvalue weighted by Crippen LogP contribution is 2.29. The van der Waals surface area contributed by atoms with E-state index in [4.69, 9.17) is 9.39 Å². The summed E-state index contributed by atoms with van der Waals surface area (Å²) in [6.07, 6.45) is 0.442. The third-order valence-corrected chi connectivity index (χ3v) is 6.16. The molecule has 2 aromatic carbocycles. The molecule has 0 unspecified atom stereocenters. The van der Waals surface area contributed by atoms with E-state index in [0.29, 0.717) is 5.56 Å². The minimum Gasteiger partial charge on any atom is -0.545 e. The predicted molar refractivity (Wildman–Crippen MR) is 116 cm³/mol. The summed E-state index contributed by atoms with van der Waals surface area (Å²) in [5.41, 5.74) is 2.56. The first-order valence-corrected chi connectivity index (χ1v) is 10.8. The van der Waals surface area contributed by atoms with Crippen molar-refractivity contribution in [2.45, 2.75) is 25.3 Å². The van der Waals surface area contributed by atoms with Crippen molar-refractivity contribution >= 4 is 19.0 Å². The lowest BCUT2D eigenvalue weighted by molar-refractivity contribution is -0.929. The molecule has 0 bridgehead atoms. The lowest BCUT2D eigenvalue weighted by atomic mass is 9.72. The summed E-state index contributed by atoms with van der Waals surface area (Å²) in [6.45, 7) is 4.33. The Balaban J connectivity index is 1.39. The van der Waals surface area contributed by atoms with E-state index < -0.39 is 19.0 Å². The molecule has 2 aromatic rings. The van der Waals surface area contributed by atoms with Crippen LogP contribution in [0.4, 0.5) is 0 Å². The molecule has 2 heterocycles. The first-order valence-electron chi connectivity index (χ1n) is 10.8. The van der Waals surface area contributed by atoms with Crippen LogP contribution in [0.3, 0.4) is 0 Å². The van der Waals surface area contributed by atoms with Crippen LogP contribution in [0.15, 0.2) is 42.5 Å². The number of amides is 1. The maximum Gasteiger partial charge on any atom is 0.547 e. The van der Waals surface area contributed by atoms with Crippen molar-refractivity contribution in [1.29, 1.82) is 0 Å². The number of nitrogens with one attached hydrogen (secondary N) is 1. The minimum absolute atomic E-state index is 0.0953. The van der Waals surface area contributed by atoms with Crippen molar-refractivity contribution in [2.75, 3.05) is 33.4 Å². The largest absolute Gasteiger partial charge is 0.547 e. The molecular formula is C23H27BN2O6. The van der Waals surface area contributed by atoms with Gasteiger partial charge >= 0.3 is 7.12 Å². The molecule has 168 valence electrons. The lowest BCUT2D eigenvalue weighted by Crippen LogP contribution is -2.53. The molecule has 0 aliphatic carbocycles. The van der Waals surface area contributed by atoms with Gasteiger partial charge in [0.15, 0.2) is 0 Å². The number of carboxylic acid groups (broad SMARTS) is 1. The van der Waals surface area contributed by atoms with E-state index in [1.807, 2.05) is 18.2 Å². The van der Waals surface area contributed by atoms with Gasteiger partial charge in [0.25, 0.3) is 0 Å². The van der Waals surface area contributed by atoms with Crippen molar-refractivity contribution in [3.63, 3.8) is 0 Å². The summed E-state index contributed by atoms with van der Waals surface area (Å²) in [6, 6.07) is 12.7. The number of para-hydroxylation sites is 1. The topological polar surface area (TPSA) is 108 Å². The van der Waals surface area contributed by atoms with Crippen LogP contribution in [0.2, 0.25) is 0 Å². The van der Waals surface area contributed by atoms with Crippen molar-refractivity contribution in [3.8, 4) is 5.75 Å². The smallest absolute Gasteiger partial charge is 0.545 e. The van der Waals surface area contributed by atoms with Gasteiger partial charge in [0, 0.05) is 11.1 Å². The highest BCUT2D eigenvalue weighted by molar-refractivity contribution is 6.47. The van der Waals surface area contributed by atoms with Crippen molar-refractivity contribution in [3.05, 3.63) is 64.7 Å². The van der Waals surface area contributed by atoms with Crippen LogP contribution in [-0.2, 0) is 28.9 Å². The second kappa shape index (κ2) is 9.32. The van der Waals surface area contributed by atoms with Gasteiger partial charge in [0.05, 0.1) is 38.6 Å². The highest BCUT2D eigenvalue weighted by atomic mass is 16.5. The Labute approximate surface area is 187 Å². The zero-order valence-corrected chi connectivity index (χ0v) is 18.1. The van der Waals surface area contributed by atoms with Gasteiger partial charge in [-0.05, 0) is 29.7 Å². The van der Waals surface area contributed by atoms with Crippen LogP contribution >= 0.6 is 0 Å². The molecule has 32 heavy (non-hydrogen) atoms. The second-order valence-electron chi connectivity index (χ2n) is 8.80. The molecule has 1 atom stereocenters. The lowest BCUT2D eigenvalue weighted by Gasteiger charge is -2.37. The van der Waals surface area contributed by atoms with Gasteiger partial charge in [-0.15, -0.1) is 0 Å². The number of morpholine rings is 1. The minimum atomic E-state index is -1.37. The molecule has 0 aromatic heterocycles. The highest BCUT2D eigenvalue weighted by Gasteiger charge is 2.37. The summed E-state index contributed by atoms with van der Waals surface area (Å²) >= 11 is 0. The van der Waals surface area contributed by atoms with E-state index >= 15 is 0 Å². The number of quaternary nitrogens is 1. The summed E-state index contributed by atoms with van der Waals surface area (Å²) in [7, 11) is 0.875. The number of rotatable bonds is 6. The number of benzene rings is 2. The Morgan fingerprint density at radius 1 is 1.19 bits per heavy atom. The molecule has 8 nitrogen and oxygen atoms in total. The van der Waals surface area contributed by atoms with Crippen molar-refractivity contribution in [1.82, 2.24) is 5.32 Å². The first-order chi connectivity index (χ1) is 15.3. The number of aromatic carboxylic acids is 1. The van der Waals surface area contributed by atoms with Crippen LogP contribution in [0.5, 0.6) is 5.75 Å². The summed E-state index contributed by atoms with van der Waals surface area (Å²) in [5, 5.41) is 24.4. The average molecular weight is 438 g/mol. The fourth-order valence-corrected chi connectivity index (χ4v) is 4.37. The Morgan fingerprint density at radius 2 is 1.91 bits per heavy atom. The monoisotopic (exact) mass is 438 g/mol. The molecule has 1 fully saturated rings. The van der Waals surface area contributed by atoms with Gasteiger partial charge < -0.3 is 34.1 Å². The molecule has 1 saturated heterocycles. The van der Waals surface area contributed by atoms with Gasteiger partial charge in [-0.25, -0.2) is 0 Å². The van der Waals surface area contributed by atoms with Gasteiger partial charge in [-0.2, -0.15) is 0 Å². The molecule has 1 amide bonds. The maximum atomic E-state index is 12.7. The number of carbonyl (C=O) groups is 2. The third kappa shape index (κ3) is 5.12. The summed E-state index contributed by atoms with van der Waals surface area (Å²) in [5.74, 6) is -2.18. The summed E-state index contributed by atoms with van der Waals surface area (Å²) < 4.78 is 11.8. The number of carbonyl (C=O) groups excluding carboxylic acids is 2. The zero-order valence-electron chi connectivity index (χ0n) is 18.1. The normalized spacial score (nSPS) is 19.6. The standard InChI is InChI=1S/C23H27BN2O6/c1-26(8-10-31-11-9-26)15-17-5-2-4-16(12-17)13-21(27)25-20-14-18-6-3-7-19(23(28)29)22(18)32-24(20)30/h2-7,12,20,30H,8-11,13-15H2,1H3,(H-,25,27,28,29)/t20-/m0/s1. The molecule has 2 aliphatic heterocycles. The Kier molecular flexibility index (Phi) is 6.50. The number of hydrogen-bond acceptors (Lipinski definition) is 6. The predicted octanol–water partition coefficient (Wildman–Crippen LogP) is -0.291. The number of carboxylic acids is 1. The van der Waals surface area contributed by atoms with E-state index in [-0.39, 0.29) is 30.1 Å². The van der Waals surface area contributed by atoms with Gasteiger partial charge in [-0.3, -0.25) is 4.79 Å². The molecule has 4 rings (SSSR count).